The molecule has 1 fully saturated rings. The third kappa shape index (κ3) is 4.34. The molecule has 1 aliphatic rings. The molecule has 0 bridgehead atoms. The van der Waals surface area contributed by atoms with Crippen LogP contribution >= 0.6 is 26.6 Å². The maximum absolute atomic E-state index is 12.9. The monoisotopic (exact) mass is 455 g/mol. The number of carbonyl (C=O) groups excluding carboxylic acids is 2. The van der Waals surface area contributed by atoms with Crippen LogP contribution in [0.3, 0.4) is 0 Å². The summed E-state index contributed by atoms with van der Waals surface area (Å²) in [6, 6.07) is 13.9. The smallest absolute Gasteiger partial charge is 0.232 e. The van der Waals surface area contributed by atoms with Crippen LogP contribution in [0.4, 0.5) is 5.69 Å². The van der Waals surface area contributed by atoms with Crippen LogP contribution in [0.2, 0.25) is 0 Å². The normalized spacial score (nSPS) is 17.5. The molecule has 1 saturated heterocycles. The van der Waals surface area contributed by atoms with E-state index in [0.717, 1.165) is 0 Å². The second-order valence-corrected chi connectivity index (χ2v) is 9.87. The van der Waals surface area contributed by atoms with Crippen LogP contribution in [0.5, 0.6) is 0 Å². The largest absolute Gasteiger partial charge is 0.311 e. The minimum Gasteiger partial charge on any atom is -0.311 e. The molecule has 1 heterocycles. The molecule has 1 unspecified atom stereocenters. The highest BCUT2D eigenvalue weighted by Crippen LogP contribution is 2.32. The van der Waals surface area contributed by atoms with Gasteiger partial charge in [0.15, 0.2) is 5.78 Å². The van der Waals surface area contributed by atoms with Gasteiger partial charge < -0.3 is 4.90 Å². The van der Waals surface area contributed by atoms with Crippen molar-refractivity contribution in [1.29, 1.82) is 0 Å². The third-order valence-corrected chi connectivity index (χ3v) is 5.91. The Labute approximate surface area is 164 Å². The highest BCUT2D eigenvalue weighted by atomic mass is 79.9. The van der Waals surface area contributed by atoms with Crippen LogP contribution < -0.4 is 4.90 Å². The summed E-state index contributed by atoms with van der Waals surface area (Å²) in [6.45, 7) is 0.210. The first kappa shape index (κ1) is 19.1. The van der Waals surface area contributed by atoms with Gasteiger partial charge in [0, 0.05) is 45.2 Å². The Kier molecular flexibility index (Phi) is 5.50. The molecule has 0 aromatic heterocycles. The summed E-state index contributed by atoms with van der Waals surface area (Å²) >= 11 is 3.36. The summed E-state index contributed by atoms with van der Waals surface area (Å²) in [5, 5.41) is 0. The average molecular weight is 457 g/mol. The minimum absolute atomic E-state index is 0.0843. The third-order valence-electron chi connectivity index (χ3n) is 4.17. The predicted octanol–water partition coefficient (Wildman–Crippen LogP) is 3.60. The molecule has 1 atom stereocenters. The first-order valence-corrected chi connectivity index (χ1v) is 11.1. The first-order valence-electron chi connectivity index (χ1n) is 7.86. The highest BCUT2D eigenvalue weighted by Gasteiger charge is 2.35. The Balaban J connectivity index is 1.96. The van der Waals surface area contributed by atoms with Gasteiger partial charge in [0.2, 0.25) is 15.0 Å². The molecule has 1 aliphatic heterocycles. The van der Waals surface area contributed by atoms with Crippen LogP contribution in [0.15, 0.2) is 53.0 Å². The van der Waals surface area contributed by atoms with E-state index in [1.807, 2.05) is 6.07 Å². The Morgan fingerprint density at radius 3 is 2.54 bits per heavy atom. The van der Waals surface area contributed by atoms with Gasteiger partial charge in [-0.2, -0.15) is 0 Å². The summed E-state index contributed by atoms with van der Waals surface area (Å²) < 4.78 is 23.3. The summed E-state index contributed by atoms with van der Waals surface area (Å²) in [4.78, 5) is 26.8. The lowest BCUT2D eigenvalue weighted by molar-refractivity contribution is -0.117. The van der Waals surface area contributed by atoms with Crippen LogP contribution in [0.1, 0.15) is 22.3 Å². The van der Waals surface area contributed by atoms with Gasteiger partial charge in [-0.05, 0) is 18.2 Å². The van der Waals surface area contributed by atoms with Gasteiger partial charge in [0.1, 0.15) is 0 Å². The van der Waals surface area contributed by atoms with Crippen molar-refractivity contribution in [3.8, 4) is 0 Å². The number of nitrogens with zero attached hydrogens (tertiary/aromatic N) is 1. The van der Waals surface area contributed by atoms with Crippen LogP contribution in [-0.4, -0.2) is 32.4 Å². The van der Waals surface area contributed by atoms with E-state index < -0.39 is 15.0 Å². The molecule has 2 aromatic carbocycles. The number of hydrogen-bond donors (Lipinski definition) is 0. The van der Waals surface area contributed by atoms with Crippen LogP contribution in [0.25, 0.3) is 0 Å². The van der Waals surface area contributed by atoms with Crippen LogP contribution in [0, 0.1) is 5.92 Å². The quantitative estimate of drug-likeness (QED) is 0.509. The van der Waals surface area contributed by atoms with Gasteiger partial charge in [0.05, 0.1) is 11.4 Å². The Morgan fingerprint density at radius 2 is 1.88 bits per heavy atom. The predicted molar refractivity (Wildman–Crippen MR) is 104 cm³/mol. The number of halogens is 2. The molecule has 26 heavy (non-hydrogen) atoms. The number of anilines is 1. The molecular formula is C18H15BrClNO4S. The number of rotatable bonds is 5. The van der Waals surface area contributed by atoms with Crippen molar-refractivity contribution in [1.82, 2.24) is 0 Å². The molecule has 0 saturated carbocycles. The van der Waals surface area contributed by atoms with Crippen molar-refractivity contribution in [3.63, 3.8) is 0 Å². The van der Waals surface area contributed by atoms with E-state index in [0.29, 0.717) is 21.3 Å². The zero-order valence-corrected chi connectivity index (χ0v) is 16.7. The topological polar surface area (TPSA) is 71.5 Å². The lowest BCUT2D eigenvalue weighted by Crippen LogP contribution is -2.27. The zero-order chi connectivity index (χ0) is 18.9. The summed E-state index contributed by atoms with van der Waals surface area (Å²) in [6.07, 6.45) is 0.0843. The fourth-order valence-electron chi connectivity index (χ4n) is 3.08. The Hall–Kier alpha value is -1.70. The van der Waals surface area contributed by atoms with Crippen LogP contribution in [-0.2, 0) is 13.8 Å². The Morgan fingerprint density at radius 1 is 1.19 bits per heavy atom. The minimum atomic E-state index is -3.69. The molecule has 0 radical (unpaired) electrons. The maximum atomic E-state index is 12.9. The molecule has 1 amide bonds. The van der Waals surface area contributed by atoms with Gasteiger partial charge in [0.25, 0.3) is 0 Å². The zero-order valence-electron chi connectivity index (χ0n) is 13.6. The molecule has 0 spiro atoms. The van der Waals surface area contributed by atoms with Crippen molar-refractivity contribution in [2.45, 2.75) is 6.42 Å². The van der Waals surface area contributed by atoms with Crippen molar-refractivity contribution < 1.29 is 18.0 Å². The molecule has 0 N–H and O–H groups in total. The van der Waals surface area contributed by atoms with Crippen molar-refractivity contribution in [2.24, 2.45) is 5.92 Å². The summed E-state index contributed by atoms with van der Waals surface area (Å²) in [5.41, 5.74) is 1.37. The van der Waals surface area contributed by atoms with Crippen molar-refractivity contribution >= 4 is 53.0 Å². The number of amides is 1. The lowest BCUT2D eigenvalue weighted by atomic mass is 10.0. The van der Waals surface area contributed by atoms with E-state index in [9.17, 15) is 18.0 Å². The number of hydrogen-bond acceptors (Lipinski definition) is 4. The average Bonchev–Trinajstić information content (AvgIpc) is 2.93. The van der Waals surface area contributed by atoms with E-state index in [-0.39, 0.29) is 30.4 Å². The molecule has 3 rings (SSSR count). The molecule has 8 heteroatoms. The van der Waals surface area contributed by atoms with Crippen molar-refractivity contribution in [3.05, 3.63) is 64.1 Å². The molecule has 2 aromatic rings. The molecular weight excluding hydrogens is 442 g/mol. The van der Waals surface area contributed by atoms with E-state index in [2.05, 4.69) is 15.9 Å². The molecule has 136 valence electrons. The second-order valence-electron chi connectivity index (χ2n) is 6.14. The first-order chi connectivity index (χ1) is 12.2. The molecule has 0 aliphatic carbocycles. The van der Waals surface area contributed by atoms with E-state index in [1.165, 1.54) is 4.90 Å². The van der Waals surface area contributed by atoms with Gasteiger partial charge in [-0.15, -0.1) is 0 Å². The number of carbonyl (C=O) groups is 2. The fraction of sp³-hybridized carbons (Fsp3) is 0.222. The van der Waals surface area contributed by atoms with Crippen molar-refractivity contribution in [2.75, 3.05) is 17.2 Å². The van der Waals surface area contributed by atoms with E-state index in [4.69, 9.17) is 10.7 Å². The second kappa shape index (κ2) is 7.50. The van der Waals surface area contributed by atoms with Gasteiger partial charge in [-0.25, -0.2) is 8.42 Å². The summed E-state index contributed by atoms with van der Waals surface area (Å²) in [5.74, 6) is -1.09. The number of ketones is 1. The molecule has 5 nitrogen and oxygen atoms in total. The van der Waals surface area contributed by atoms with Gasteiger partial charge in [-0.1, -0.05) is 46.3 Å². The SMILES string of the molecule is O=C(c1ccccc1)c1cc(Br)ccc1N1CC(CS(=O)(=O)Cl)CC1=O. The van der Waals surface area contributed by atoms with Gasteiger partial charge >= 0.3 is 0 Å². The van der Waals surface area contributed by atoms with E-state index in [1.54, 1.807) is 42.5 Å². The standard InChI is InChI=1S/C18H15BrClNO4S/c19-14-6-7-16(15(9-14)18(23)13-4-2-1-3-5-13)21-10-12(8-17(21)22)11-26(20,24)25/h1-7,9,12H,8,10-11H2. The Bertz CT molecular complexity index is 962. The highest BCUT2D eigenvalue weighted by molar-refractivity contribution is 9.10. The number of benzene rings is 2. The maximum Gasteiger partial charge on any atom is 0.232 e. The fourth-order valence-corrected chi connectivity index (χ4v) is 4.76. The lowest BCUT2D eigenvalue weighted by Gasteiger charge is -2.20. The van der Waals surface area contributed by atoms with Gasteiger partial charge in [-0.3, -0.25) is 9.59 Å². The summed E-state index contributed by atoms with van der Waals surface area (Å²) in [7, 11) is 1.63. The van der Waals surface area contributed by atoms with E-state index >= 15 is 0 Å².